The first-order chi connectivity index (χ1) is 8.08. The first kappa shape index (κ1) is 12.9. The maximum Gasteiger partial charge on any atom is 0.267 e. The molecule has 1 rings (SSSR count). The van der Waals surface area contributed by atoms with Crippen molar-refractivity contribution < 1.29 is 4.79 Å². The highest BCUT2D eigenvalue weighted by Crippen LogP contribution is 2.22. The Morgan fingerprint density at radius 2 is 2.29 bits per heavy atom. The quantitative estimate of drug-likeness (QED) is 0.431. The second-order valence-electron chi connectivity index (χ2n) is 3.15. The van der Waals surface area contributed by atoms with Crippen LogP contribution in [-0.4, -0.2) is 13.0 Å². The molecule has 0 aliphatic rings. The van der Waals surface area contributed by atoms with Crippen LogP contribution in [0.2, 0.25) is 5.02 Å². The van der Waals surface area contributed by atoms with E-state index in [0.29, 0.717) is 16.4 Å². The number of benzene rings is 1. The number of nitrogens with two attached hydrogens (primary N) is 1. The average molecular weight is 251 g/mol. The molecule has 0 saturated heterocycles. The summed E-state index contributed by atoms with van der Waals surface area (Å²) in [5.41, 5.74) is 6.41. The molecule has 1 amide bonds. The van der Waals surface area contributed by atoms with Gasteiger partial charge in [0.25, 0.3) is 5.91 Å². The zero-order chi connectivity index (χ0) is 12.8. The summed E-state index contributed by atoms with van der Waals surface area (Å²) in [5.74, 6) is -0.511. The van der Waals surface area contributed by atoms with Crippen molar-refractivity contribution in [3.63, 3.8) is 0 Å². The van der Waals surface area contributed by atoms with E-state index in [0.717, 1.165) is 0 Å². The fourth-order valence-corrected chi connectivity index (χ4v) is 1.28. The molecule has 0 atom stereocenters. The molecule has 6 heteroatoms. The van der Waals surface area contributed by atoms with Crippen LogP contribution < -0.4 is 16.4 Å². The Morgan fingerprint density at radius 3 is 2.82 bits per heavy atom. The van der Waals surface area contributed by atoms with E-state index in [1.54, 1.807) is 25.2 Å². The normalized spacial score (nSPS) is 10.5. The Kier molecular flexibility index (Phi) is 4.37. The second-order valence-corrected chi connectivity index (χ2v) is 3.56. The van der Waals surface area contributed by atoms with E-state index < -0.39 is 5.91 Å². The molecule has 88 valence electrons. The smallest absolute Gasteiger partial charge is 0.267 e. The number of anilines is 2. The number of nitrogens with one attached hydrogen (secondary N) is 2. The molecule has 1 aromatic carbocycles. The lowest BCUT2D eigenvalue weighted by molar-refractivity contribution is -0.112. The van der Waals surface area contributed by atoms with Gasteiger partial charge in [-0.05, 0) is 18.2 Å². The lowest BCUT2D eigenvalue weighted by atomic mass is 10.2. The zero-order valence-electron chi connectivity index (χ0n) is 9.12. The molecular weight excluding hydrogens is 240 g/mol. The average Bonchev–Trinajstić information content (AvgIpc) is 2.30. The van der Waals surface area contributed by atoms with E-state index >= 15 is 0 Å². The van der Waals surface area contributed by atoms with E-state index in [9.17, 15) is 4.79 Å². The van der Waals surface area contributed by atoms with E-state index in [1.165, 1.54) is 12.3 Å². The number of carbonyl (C=O) groups excluding carboxylic acids is 1. The van der Waals surface area contributed by atoms with Crippen LogP contribution in [0.5, 0.6) is 0 Å². The fourth-order valence-electron chi connectivity index (χ4n) is 1.10. The highest BCUT2D eigenvalue weighted by molar-refractivity contribution is 6.33. The standard InChI is InChI=1S/C11H11ClN4O/c1-15-6-7(5-13)11(17)16-8-2-3-10(14)9(12)4-8/h2-4,6,15H,14H2,1H3,(H,16,17)/b7-6-. The highest BCUT2D eigenvalue weighted by Gasteiger charge is 2.09. The molecular formula is C11H11ClN4O. The largest absolute Gasteiger partial charge is 0.398 e. The minimum Gasteiger partial charge on any atom is -0.398 e. The van der Waals surface area contributed by atoms with Crippen molar-refractivity contribution >= 4 is 28.9 Å². The van der Waals surface area contributed by atoms with Gasteiger partial charge in [-0.3, -0.25) is 4.79 Å². The lowest BCUT2D eigenvalue weighted by Crippen LogP contribution is -2.15. The molecule has 0 heterocycles. The number of hydrogen-bond acceptors (Lipinski definition) is 4. The van der Waals surface area contributed by atoms with E-state index in [4.69, 9.17) is 22.6 Å². The van der Waals surface area contributed by atoms with Crippen LogP contribution in [0.3, 0.4) is 0 Å². The second kappa shape index (κ2) is 5.77. The third kappa shape index (κ3) is 3.40. The van der Waals surface area contributed by atoms with Crippen molar-refractivity contribution in [2.45, 2.75) is 0 Å². The summed E-state index contributed by atoms with van der Waals surface area (Å²) in [6, 6.07) is 6.47. The van der Waals surface area contributed by atoms with Gasteiger partial charge in [0.05, 0.1) is 10.7 Å². The number of nitriles is 1. The molecule has 0 aliphatic heterocycles. The number of carbonyl (C=O) groups is 1. The molecule has 0 fully saturated rings. The van der Waals surface area contributed by atoms with Crippen molar-refractivity contribution in [2.75, 3.05) is 18.1 Å². The minimum atomic E-state index is -0.511. The molecule has 4 N–H and O–H groups in total. The summed E-state index contributed by atoms with van der Waals surface area (Å²) >= 11 is 5.80. The number of nitrogen functional groups attached to an aromatic ring is 1. The fraction of sp³-hybridized carbons (Fsp3) is 0.0909. The van der Waals surface area contributed by atoms with Crippen LogP contribution >= 0.6 is 11.6 Å². The highest BCUT2D eigenvalue weighted by atomic mass is 35.5. The number of rotatable bonds is 3. The molecule has 0 aliphatic carbocycles. The first-order valence-electron chi connectivity index (χ1n) is 4.72. The monoisotopic (exact) mass is 250 g/mol. The minimum absolute atomic E-state index is 0.0274. The summed E-state index contributed by atoms with van der Waals surface area (Å²) in [4.78, 5) is 11.6. The molecule has 5 nitrogen and oxygen atoms in total. The van der Waals surface area contributed by atoms with Gasteiger partial charge in [-0.2, -0.15) is 5.26 Å². The molecule has 0 spiro atoms. The molecule has 17 heavy (non-hydrogen) atoms. The van der Waals surface area contributed by atoms with E-state index in [-0.39, 0.29) is 5.57 Å². The van der Waals surface area contributed by atoms with Gasteiger partial charge >= 0.3 is 0 Å². The predicted octanol–water partition coefficient (Wildman–Crippen LogP) is 1.49. The van der Waals surface area contributed by atoms with Crippen LogP contribution in [0.15, 0.2) is 30.0 Å². The Morgan fingerprint density at radius 1 is 1.59 bits per heavy atom. The Labute approximate surface area is 104 Å². The maximum absolute atomic E-state index is 11.6. The molecule has 0 radical (unpaired) electrons. The molecule has 1 aromatic rings. The van der Waals surface area contributed by atoms with Crippen LogP contribution in [0.4, 0.5) is 11.4 Å². The summed E-state index contributed by atoms with van der Waals surface area (Å²) in [7, 11) is 1.60. The number of amides is 1. The molecule has 0 saturated carbocycles. The van der Waals surface area contributed by atoms with Crippen molar-refractivity contribution in [3.05, 3.63) is 35.0 Å². The lowest BCUT2D eigenvalue weighted by Gasteiger charge is -2.05. The summed E-state index contributed by atoms with van der Waals surface area (Å²) in [6.07, 6.45) is 1.31. The topological polar surface area (TPSA) is 90.9 Å². The summed E-state index contributed by atoms with van der Waals surface area (Å²) in [6.45, 7) is 0. The third-order valence-corrected chi connectivity index (χ3v) is 2.24. The van der Waals surface area contributed by atoms with Crippen LogP contribution in [-0.2, 0) is 4.79 Å². The van der Waals surface area contributed by atoms with Crippen LogP contribution in [0.1, 0.15) is 0 Å². The van der Waals surface area contributed by atoms with Gasteiger partial charge in [-0.15, -0.1) is 0 Å². The molecule has 0 unspecified atom stereocenters. The number of hydrogen-bond donors (Lipinski definition) is 3. The van der Waals surface area contributed by atoms with Gasteiger partial charge in [0.15, 0.2) is 0 Å². The zero-order valence-corrected chi connectivity index (χ0v) is 9.88. The van der Waals surface area contributed by atoms with Gasteiger partial charge in [0, 0.05) is 18.9 Å². The van der Waals surface area contributed by atoms with Crippen molar-refractivity contribution in [1.82, 2.24) is 5.32 Å². The Bertz CT molecular complexity index is 505. The first-order valence-corrected chi connectivity index (χ1v) is 5.10. The maximum atomic E-state index is 11.6. The predicted molar refractivity (Wildman–Crippen MR) is 67.2 cm³/mol. The van der Waals surface area contributed by atoms with Crippen molar-refractivity contribution in [2.24, 2.45) is 0 Å². The van der Waals surface area contributed by atoms with Gasteiger partial charge in [-0.1, -0.05) is 11.6 Å². The summed E-state index contributed by atoms with van der Waals surface area (Å²) < 4.78 is 0. The van der Waals surface area contributed by atoms with Gasteiger partial charge in [0.2, 0.25) is 0 Å². The molecule has 0 aromatic heterocycles. The number of halogens is 1. The Hall–Kier alpha value is -2.19. The SMILES string of the molecule is CN/C=C(/C#N)C(=O)Nc1ccc(N)c(Cl)c1. The third-order valence-electron chi connectivity index (χ3n) is 1.91. The van der Waals surface area contributed by atoms with Crippen molar-refractivity contribution in [3.8, 4) is 6.07 Å². The van der Waals surface area contributed by atoms with E-state index in [1.807, 2.05) is 0 Å². The van der Waals surface area contributed by atoms with Gasteiger partial charge in [-0.25, -0.2) is 0 Å². The van der Waals surface area contributed by atoms with Crippen LogP contribution in [0, 0.1) is 11.3 Å². The van der Waals surface area contributed by atoms with Crippen LogP contribution in [0.25, 0.3) is 0 Å². The van der Waals surface area contributed by atoms with E-state index in [2.05, 4.69) is 10.6 Å². The van der Waals surface area contributed by atoms with Crippen molar-refractivity contribution in [1.29, 1.82) is 5.26 Å². The van der Waals surface area contributed by atoms with Gasteiger partial charge in [0.1, 0.15) is 11.6 Å². The number of nitrogens with zero attached hydrogens (tertiary/aromatic N) is 1. The summed E-state index contributed by atoms with van der Waals surface area (Å²) in [5, 5.41) is 14.2. The molecule has 0 bridgehead atoms. The van der Waals surface area contributed by atoms with Gasteiger partial charge < -0.3 is 16.4 Å². The Balaban J connectivity index is 2.85.